The number of amides is 3. The molecule has 0 aliphatic heterocycles. The van der Waals surface area contributed by atoms with Crippen molar-refractivity contribution < 1.29 is 33.9 Å². The number of benzene rings is 3. The molecule has 0 unspecified atom stereocenters. The van der Waals surface area contributed by atoms with E-state index in [4.69, 9.17) is 9.94 Å². The summed E-state index contributed by atoms with van der Waals surface area (Å²) >= 11 is 0. The summed E-state index contributed by atoms with van der Waals surface area (Å²) in [5.41, 5.74) is 5.46. The van der Waals surface area contributed by atoms with Crippen molar-refractivity contribution in [1.82, 2.24) is 20.9 Å². The van der Waals surface area contributed by atoms with E-state index in [1.54, 1.807) is 60.8 Å². The molecule has 1 aromatic heterocycles. The summed E-state index contributed by atoms with van der Waals surface area (Å²) in [6.07, 6.45) is 1.10. The number of fused-ring (bicyclic) bond motifs is 1. The Labute approximate surface area is 246 Å². The average molecular weight is 586 g/mol. The number of nitrogens with one attached hydrogen (secondary N) is 5. The zero-order valence-corrected chi connectivity index (χ0v) is 23.0. The molecule has 43 heavy (non-hydrogen) atoms. The van der Waals surface area contributed by atoms with Crippen molar-refractivity contribution in [3.63, 3.8) is 0 Å². The third-order valence-electron chi connectivity index (χ3n) is 6.43. The first kappa shape index (κ1) is 30.3. The van der Waals surface area contributed by atoms with Crippen LogP contribution in [-0.4, -0.2) is 58.4 Å². The molecule has 0 aliphatic carbocycles. The molecule has 1 heterocycles. The van der Waals surface area contributed by atoms with Crippen LogP contribution in [0.5, 0.6) is 0 Å². The van der Waals surface area contributed by atoms with E-state index >= 15 is 0 Å². The zero-order valence-electron chi connectivity index (χ0n) is 23.0. The Hall–Kier alpha value is -5.65. The summed E-state index contributed by atoms with van der Waals surface area (Å²) in [6.45, 7) is -0.511. The van der Waals surface area contributed by atoms with Gasteiger partial charge in [0.1, 0.15) is 18.5 Å². The number of aromatic nitrogens is 1. The van der Waals surface area contributed by atoms with Gasteiger partial charge in [-0.05, 0) is 29.3 Å². The van der Waals surface area contributed by atoms with Gasteiger partial charge in [0.05, 0.1) is 12.2 Å². The Bertz CT molecular complexity index is 1570. The van der Waals surface area contributed by atoms with Crippen molar-refractivity contribution in [1.29, 1.82) is 0 Å². The van der Waals surface area contributed by atoms with Crippen LogP contribution in [0.4, 0.5) is 5.69 Å². The third-order valence-corrected chi connectivity index (χ3v) is 6.43. The number of aromatic amines is 1. The predicted octanol–water partition coefficient (Wildman–Crippen LogP) is 2.08. The fraction of sp³-hybridized carbons (Fsp3) is 0.194. The van der Waals surface area contributed by atoms with Crippen LogP contribution in [0.25, 0.3) is 10.9 Å². The Balaban J connectivity index is 1.42. The maximum Gasteiger partial charge on any atom is 0.354 e. The quantitative estimate of drug-likeness (QED) is 0.0962. The molecule has 0 aliphatic rings. The van der Waals surface area contributed by atoms with Gasteiger partial charge >= 0.3 is 11.9 Å². The number of hydrogen-bond donors (Lipinski definition) is 6. The molecular formula is C31H31N5O7. The van der Waals surface area contributed by atoms with Gasteiger partial charge in [-0.1, -0.05) is 66.7 Å². The smallest absolute Gasteiger partial charge is 0.354 e. The van der Waals surface area contributed by atoms with Gasteiger partial charge in [0.25, 0.3) is 0 Å². The van der Waals surface area contributed by atoms with Gasteiger partial charge < -0.3 is 30.9 Å². The lowest BCUT2D eigenvalue weighted by atomic mass is 10.0. The van der Waals surface area contributed by atoms with Crippen molar-refractivity contribution >= 4 is 46.3 Å². The topological polar surface area (TPSA) is 179 Å². The van der Waals surface area contributed by atoms with E-state index < -0.39 is 54.7 Å². The predicted molar refractivity (Wildman–Crippen MR) is 157 cm³/mol. The first-order valence-corrected chi connectivity index (χ1v) is 13.5. The molecule has 12 heteroatoms. The molecule has 0 spiro atoms. The highest BCUT2D eigenvalue weighted by Gasteiger charge is 2.27. The number of carboxylic acids is 1. The van der Waals surface area contributed by atoms with Crippen LogP contribution in [0.15, 0.2) is 91.1 Å². The summed E-state index contributed by atoms with van der Waals surface area (Å²) in [6, 6.07) is 22.8. The molecule has 4 rings (SSSR count). The van der Waals surface area contributed by atoms with Gasteiger partial charge in [-0.3, -0.25) is 19.2 Å². The maximum absolute atomic E-state index is 13.1. The highest BCUT2D eigenvalue weighted by atomic mass is 16.7. The molecule has 6 N–H and O–H groups in total. The molecule has 3 aromatic carbocycles. The second-order valence-electron chi connectivity index (χ2n) is 9.67. The molecule has 2 atom stereocenters. The molecule has 222 valence electrons. The number of rotatable bonds is 14. The number of aliphatic carboxylic acids is 1. The molecule has 0 saturated carbocycles. The normalized spacial score (nSPS) is 12.0. The molecular weight excluding hydrogens is 554 g/mol. The molecule has 0 bridgehead atoms. The van der Waals surface area contributed by atoms with Crippen molar-refractivity contribution in [2.75, 3.05) is 12.0 Å². The minimum absolute atomic E-state index is 0.0698. The minimum atomic E-state index is -1.34. The van der Waals surface area contributed by atoms with E-state index in [1.807, 2.05) is 30.3 Å². The molecule has 3 amide bonds. The number of carbonyl (C=O) groups is 5. The van der Waals surface area contributed by atoms with Gasteiger partial charge in [0.2, 0.25) is 17.7 Å². The van der Waals surface area contributed by atoms with Crippen LogP contribution in [0.3, 0.4) is 0 Å². The molecule has 0 saturated heterocycles. The second kappa shape index (κ2) is 14.8. The van der Waals surface area contributed by atoms with Gasteiger partial charge in [0, 0.05) is 29.9 Å². The first-order chi connectivity index (χ1) is 20.8. The van der Waals surface area contributed by atoms with Crippen molar-refractivity contribution in [2.24, 2.45) is 0 Å². The van der Waals surface area contributed by atoms with Crippen LogP contribution in [-0.2, 0) is 41.7 Å². The number of carboxylic acid groups (broad SMARTS) is 1. The summed E-state index contributed by atoms with van der Waals surface area (Å²) in [5.74, 6) is -4.31. The van der Waals surface area contributed by atoms with Gasteiger partial charge in [-0.25, -0.2) is 10.3 Å². The molecule has 0 fully saturated rings. The van der Waals surface area contributed by atoms with Crippen molar-refractivity contribution in [3.8, 4) is 0 Å². The summed E-state index contributed by atoms with van der Waals surface area (Å²) in [5, 5.41) is 17.3. The molecule has 0 radical (unpaired) electrons. The van der Waals surface area contributed by atoms with Crippen LogP contribution in [0.1, 0.15) is 17.5 Å². The Morgan fingerprint density at radius 1 is 0.767 bits per heavy atom. The summed E-state index contributed by atoms with van der Waals surface area (Å²) in [4.78, 5) is 70.5. The van der Waals surface area contributed by atoms with E-state index in [-0.39, 0.29) is 12.8 Å². The fourth-order valence-corrected chi connectivity index (χ4v) is 4.38. The van der Waals surface area contributed by atoms with Crippen molar-refractivity contribution in [2.45, 2.75) is 31.3 Å². The highest BCUT2D eigenvalue weighted by Crippen LogP contribution is 2.19. The van der Waals surface area contributed by atoms with Gasteiger partial charge in [-0.2, -0.15) is 0 Å². The van der Waals surface area contributed by atoms with Gasteiger partial charge in [-0.15, -0.1) is 0 Å². The molecule has 12 nitrogen and oxygen atoms in total. The standard InChI is InChI=1S/C31H31N5O7/c37-27(17-29(39)40)34-25(15-20-9-3-1-4-10-20)30(41)33-19-28(38)35-26(31(42)43-36-22-11-5-2-6-12-22)16-21-18-32-24-14-8-7-13-23(21)24/h1-14,18,25-26,32,36H,15-17,19H2,(H,33,41)(H,34,37)(H,35,38)(H,39,40)/t25-,26-/m0/s1. The third kappa shape index (κ3) is 9.18. The van der Waals surface area contributed by atoms with Gasteiger partial charge in [0.15, 0.2) is 0 Å². The number of carbonyl (C=O) groups excluding carboxylic acids is 4. The Kier molecular flexibility index (Phi) is 10.5. The summed E-state index contributed by atoms with van der Waals surface area (Å²) in [7, 11) is 0. The molecule has 4 aromatic rings. The lowest BCUT2D eigenvalue weighted by Crippen LogP contribution is -2.52. The number of para-hydroxylation sites is 2. The largest absolute Gasteiger partial charge is 0.481 e. The van der Waals surface area contributed by atoms with E-state index in [0.29, 0.717) is 5.69 Å². The van der Waals surface area contributed by atoms with E-state index in [9.17, 15) is 24.0 Å². The van der Waals surface area contributed by atoms with Crippen LogP contribution in [0.2, 0.25) is 0 Å². The second-order valence-corrected chi connectivity index (χ2v) is 9.67. The highest BCUT2D eigenvalue weighted by molar-refractivity contribution is 5.97. The SMILES string of the molecule is O=C(O)CC(=O)N[C@@H](Cc1ccccc1)C(=O)NCC(=O)N[C@@H](Cc1c[nH]c2ccccc12)C(=O)ONc1ccccc1. The van der Waals surface area contributed by atoms with Crippen LogP contribution >= 0.6 is 0 Å². The van der Waals surface area contributed by atoms with E-state index in [1.165, 1.54) is 0 Å². The monoisotopic (exact) mass is 585 g/mol. The number of hydrogen-bond acceptors (Lipinski definition) is 7. The average Bonchev–Trinajstić information content (AvgIpc) is 3.41. The lowest BCUT2D eigenvalue weighted by molar-refractivity contribution is -0.145. The number of anilines is 1. The van der Waals surface area contributed by atoms with E-state index in [2.05, 4.69) is 26.4 Å². The number of H-pyrrole nitrogens is 1. The van der Waals surface area contributed by atoms with Crippen LogP contribution in [0, 0.1) is 0 Å². The maximum atomic E-state index is 13.1. The Morgan fingerprint density at radius 3 is 2.14 bits per heavy atom. The zero-order chi connectivity index (χ0) is 30.6. The van der Waals surface area contributed by atoms with Crippen LogP contribution < -0.4 is 21.4 Å². The van der Waals surface area contributed by atoms with E-state index in [0.717, 1.165) is 22.0 Å². The first-order valence-electron chi connectivity index (χ1n) is 13.5. The fourth-order valence-electron chi connectivity index (χ4n) is 4.38. The Morgan fingerprint density at radius 2 is 1.42 bits per heavy atom. The minimum Gasteiger partial charge on any atom is -0.481 e. The summed E-state index contributed by atoms with van der Waals surface area (Å²) < 4.78 is 0. The lowest BCUT2D eigenvalue weighted by Gasteiger charge is -2.20. The van der Waals surface area contributed by atoms with Crippen molar-refractivity contribution in [3.05, 3.63) is 102 Å².